The fraction of sp³-hybridized carbons (Fsp3) is 0.235. The number of hydrogen-bond donors (Lipinski definition) is 0. The zero-order chi connectivity index (χ0) is 15.9. The standard InChI is InChI=1S/C17H16Cl2O3/c1-2-3-12-4-7-14(8-5-12)22-17(20)11-21-16-10-13(18)6-9-15(16)19/h4-10H,2-3,11H2,1H3. The van der Waals surface area contributed by atoms with Crippen LogP contribution in [-0.2, 0) is 11.2 Å². The average Bonchev–Trinajstić information content (AvgIpc) is 2.50. The molecule has 22 heavy (non-hydrogen) atoms. The third-order valence-electron chi connectivity index (χ3n) is 2.93. The number of carbonyl (C=O) groups is 1. The highest BCUT2D eigenvalue weighted by molar-refractivity contribution is 6.34. The molecular weight excluding hydrogens is 323 g/mol. The van der Waals surface area contributed by atoms with Crippen LogP contribution in [0.15, 0.2) is 42.5 Å². The van der Waals surface area contributed by atoms with Crippen molar-refractivity contribution in [3.8, 4) is 11.5 Å². The van der Waals surface area contributed by atoms with E-state index in [1.54, 1.807) is 30.3 Å². The molecule has 2 aromatic rings. The van der Waals surface area contributed by atoms with E-state index in [-0.39, 0.29) is 6.61 Å². The second-order valence-electron chi connectivity index (χ2n) is 4.73. The van der Waals surface area contributed by atoms with Crippen LogP contribution in [0.2, 0.25) is 10.0 Å². The van der Waals surface area contributed by atoms with Crippen molar-refractivity contribution in [2.45, 2.75) is 19.8 Å². The van der Waals surface area contributed by atoms with Gasteiger partial charge >= 0.3 is 5.97 Å². The van der Waals surface area contributed by atoms with Gasteiger partial charge in [-0.05, 0) is 36.2 Å². The van der Waals surface area contributed by atoms with Crippen LogP contribution in [0, 0.1) is 0 Å². The molecule has 0 aliphatic heterocycles. The third-order valence-corrected chi connectivity index (χ3v) is 3.48. The number of halogens is 2. The molecular formula is C17H16Cl2O3. The van der Waals surface area contributed by atoms with Gasteiger partial charge in [0.05, 0.1) is 5.02 Å². The van der Waals surface area contributed by atoms with Crippen LogP contribution < -0.4 is 9.47 Å². The van der Waals surface area contributed by atoms with Crippen LogP contribution in [0.5, 0.6) is 11.5 Å². The normalized spacial score (nSPS) is 10.3. The molecule has 0 aliphatic rings. The van der Waals surface area contributed by atoms with E-state index < -0.39 is 5.97 Å². The zero-order valence-electron chi connectivity index (χ0n) is 12.1. The molecule has 0 amide bonds. The summed E-state index contributed by atoms with van der Waals surface area (Å²) in [7, 11) is 0. The highest BCUT2D eigenvalue weighted by atomic mass is 35.5. The summed E-state index contributed by atoms with van der Waals surface area (Å²) in [6.45, 7) is 1.88. The highest BCUT2D eigenvalue weighted by Gasteiger charge is 2.09. The van der Waals surface area contributed by atoms with E-state index in [2.05, 4.69) is 6.92 Å². The number of aryl methyl sites for hydroxylation is 1. The molecule has 5 heteroatoms. The molecule has 0 radical (unpaired) electrons. The predicted molar refractivity (Wildman–Crippen MR) is 88.0 cm³/mol. The minimum absolute atomic E-state index is 0.239. The zero-order valence-corrected chi connectivity index (χ0v) is 13.7. The van der Waals surface area contributed by atoms with E-state index in [9.17, 15) is 4.79 Å². The molecule has 0 unspecified atom stereocenters. The Kier molecular flexibility index (Phi) is 6.10. The Labute approximate surface area is 139 Å². The molecule has 116 valence electrons. The molecule has 3 nitrogen and oxygen atoms in total. The van der Waals surface area contributed by atoms with Gasteiger partial charge in [-0.2, -0.15) is 0 Å². The number of hydrogen-bond acceptors (Lipinski definition) is 3. The maximum Gasteiger partial charge on any atom is 0.349 e. The Balaban J connectivity index is 1.88. The van der Waals surface area contributed by atoms with Gasteiger partial charge < -0.3 is 9.47 Å². The number of carbonyl (C=O) groups excluding carboxylic acids is 1. The molecule has 0 aromatic heterocycles. The summed E-state index contributed by atoms with van der Waals surface area (Å²) in [4.78, 5) is 11.8. The summed E-state index contributed by atoms with van der Waals surface area (Å²) < 4.78 is 10.5. The minimum Gasteiger partial charge on any atom is -0.480 e. The number of ether oxygens (including phenoxy) is 2. The summed E-state index contributed by atoms with van der Waals surface area (Å²) in [6, 6.07) is 12.2. The number of rotatable bonds is 6. The van der Waals surface area contributed by atoms with E-state index in [1.807, 2.05) is 12.1 Å². The fourth-order valence-electron chi connectivity index (χ4n) is 1.90. The Hall–Kier alpha value is -1.71. The van der Waals surface area contributed by atoms with Crippen LogP contribution >= 0.6 is 23.2 Å². The first-order valence-electron chi connectivity index (χ1n) is 6.96. The molecule has 0 heterocycles. The second-order valence-corrected chi connectivity index (χ2v) is 5.58. The van der Waals surface area contributed by atoms with Gasteiger partial charge in [0.15, 0.2) is 6.61 Å². The Bertz CT molecular complexity index is 639. The van der Waals surface area contributed by atoms with E-state index >= 15 is 0 Å². The van der Waals surface area contributed by atoms with Gasteiger partial charge in [0, 0.05) is 11.1 Å². The lowest BCUT2D eigenvalue weighted by Crippen LogP contribution is -2.17. The first kappa shape index (κ1) is 16.7. The van der Waals surface area contributed by atoms with E-state index in [0.29, 0.717) is 21.5 Å². The minimum atomic E-state index is -0.501. The van der Waals surface area contributed by atoms with Gasteiger partial charge in [-0.3, -0.25) is 0 Å². The predicted octanol–water partition coefficient (Wildman–Crippen LogP) is 4.93. The first-order valence-corrected chi connectivity index (χ1v) is 7.71. The van der Waals surface area contributed by atoms with Crippen LogP contribution in [0.1, 0.15) is 18.9 Å². The Morgan fingerprint density at radius 3 is 2.50 bits per heavy atom. The quantitative estimate of drug-likeness (QED) is 0.553. The van der Waals surface area contributed by atoms with Crippen molar-refractivity contribution in [2.24, 2.45) is 0 Å². The van der Waals surface area contributed by atoms with Crippen molar-refractivity contribution in [3.05, 3.63) is 58.1 Å². The Morgan fingerprint density at radius 2 is 1.82 bits per heavy atom. The number of esters is 1. The largest absolute Gasteiger partial charge is 0.480 e. The highest BCUT2D eigenvalue weighted by Crippen LogP contribution is 2.27. The van der Waals surface area contributed by atoms with Gasteiger partial charge in [0.2, 0.25) is 0 Å². The van der Waals surface area contributed by atoms with Crippen molar-refractivity contribution in [1.29, 1.82) is 0 Å². The van der Waals surface area contributed by atoms with E-state index in [0.717, 1.165) is 12.8 Å². The molecule has 0 bridgehead atoms. The van der Waals surface area contributed by atoms with Crippen molar-refractivity contribution >= 4 is 29.2 Å². The van der Waals surface area contributed by atoms with E-state index in [4.69, 9.17) is 32.7 Å². The summed E-state index contributed by atoms with van der Waals surface area (Å²) in [5, 5.41) is 0.875. The maximum absolute atomic E-state index is 11.8. The van der Waals surface area contributed by atoms with Crippen LogP contribution in [0.4, 0.5) is 0 Å². The van der Waals surface area contributed by atoms with Gasteiger partial charge in [-0.25, -0.2) is 4.79 Å². The van der Waals surface area contributed by atoms with E-state index in [1.165, 1.54) is 5.56 Å². The molecule has 0 N–H and O–H groups in total. The summed E-state index contributed by atoms with van der Waals surface area (Å²) in [5.74, 6) is 0.342. The maximum atomic E-state index is 11.8. The lowest BCUT2D eigenvalue weighted by atomic mass is 10.1. The summed E-state index contributed by atoms with van der Waals surface area (Å²) in [6.07, 6.45) is 2.08. The molecule has 0 spiro atoms. The number of benzene rings is 2. The van der Waals surface area contributed by atoms with Crippen molar-refractivity contribution in [2.75, 3.05) is 6.61 Å². The molecule has 2 aromatic carbocycles. The SMILES string of the molecule is CCCc1ccc(OC(=O)COc2cc(Cl)ccc2Cl)cc1. The lowest BCUT2D eigenvalue weighted by Gasteiger charge is -2.09. The Morgan fingerprint density at radius 1 is 1.09 bits per heavy atom. The average molecular weight is 339 g/mol. The second kappa shape index (κ2) is 8.06. The van der Waals surface area contributed by atoms with Gasteiger partial charge in [-0.15, -0.1) is 0 Å². The molecule has 0 saturated carbocycles. The molecule has 0 atom stereocenters. The van der Waals surface area contributed by atoms with Gasteiger partial charge in [0.25, 0.3) is 0 Å². The monoisotopic (exact) mass is 338 g/mol. The molecule has 0 fully saturated rings. The molecule has 0 saturated heterocycles. The molecule has 0 aliphatic carbocycles. The van der Waals surface area contributed by atoms with Crippen molar-refractivity contribution in [3.63, 3.8) is 0 Å². The fourth-order valence-corrected chi connectivity index (χ4v) is 2.23. The van der Waals surface area contributed by atoms with Crippen molar-refractivity contribution < 1.29 is 14.3 Å². The summed E-state index contributed by atoms with van der Waals surface area (Å²) in [5.41, 5.74) is 1.21. The summed E-state index contributed by atoms with van der Waals surface area (Å²) >= 11 is 11.8. The van der Waals surface area contributed by atoms with Crippen LogP contribution in [-0.4, -0.2) is 12.6 Å². The molecule has 2 rings (SSSR count). The van der Waals surface area contributed by atoms with Gasteiger partial charge in [-0.1, -0.05) is 48.7 Å². The first-order chi connectivity index (χ1) is 10.6. The van der Waals surface area contributed by atoms with Crippen LogP contribution in [0.25, 0.3) is 0 Å². The smallest absolute Gasteiger partial charge is 0.349 e. The van der Waals surface area contributed by atoms with Crippen LogP contribution in [0.3, 0.4) is 0 Å². The van der Waals surface area contributed by atoms with Gasteiger partial charge in [0.1, 0.15) is 11.5 Å². The van der Waals surface area contributed by atoms with Crippen molar-refractivity contribution in [1.82, 2.24) is 0 Å². The third kappa shape index (κ3) is 4.93. The lowest BCUT2D eigenvalue weighted by molar-refractivity contribution is -0.136. The topological polar surface area (TPSA) is 35.5 Å².